The number of fused-ring (bicyclic) bond motifs is 1. The minimum Gasteiger partial charge on any atom is -0.477 e. The number of carboxylic acid groups (broad SMARTS) is 1. The molecule has 3 aromatic rings. The molecule has 1 unspecified atom stereocenters. The van der Waals surface area contributed by atoms with Crippen LogP contribution in [0.2, 0.25) is 0 Å². The van der Waals surface area contributed by atoms with Gasteiger partial charge in [0.05, 0.1) is 6.10 Å². The molecule has 11 heteroatoms. The van der Waals surface area contributed by atoms with Crippen LogP contribution in [0.5, 0.6) is 5.75 Å². The average molecular weight is 497 g/mol. The summed E-state index contributed by atoms with van der Waals surface area (Å²) in [5.41, 5.74) is -4.73. The van der Waals surface area contributed by atoms with Crippen molar-refractivity contribution in [1.82, 2.24) is 5.09 Å². The number of para-hydroxylation sites is 1. The summed E-state index contributed by atoms with van der Waals surface area (Å²) < 4.78 is 56.0. The van der Waals surface area contributed by atoms with E-state index in [-0.39, 0.29) is 16.0 Å². The van der Waals surface area contributed by atoms with Crippen LogP contribution in [-0.2, 0) is 19.8 Å². The van der Waals surface area contributed by atoms with Crippen LogP contribution < -0.4 is 9.61 Å². The van der Waals surface area contributed by atoms with Crippen molar-refractivity contribution in [2.75, 3.05) is 0 Å². The Balaban J connectivity index is 2.03. The fraction of sp³-hybridized carbons (Fsp3) is 0.273. The van der Waals surface area contributed by atoms with Crippen molar-refractivity contribution in [3.63, 3.8) is 0 Å². The largest absolute Gasteiger partial charge is 0.477 e. The number of carboxylic acids is 1. The highest BCUT2D eigenvalue weighted by atomic mass is 32.1. The minimum atomic E-state index is -5.11. The molecule has 0 spiro atoms. The van der Waals surface area contributed by atoms with Gasteiger partial charge in [0.15, 0.2) is 0 Å². The minimum absolute atomic E-state index is 0.0163. The Hall–Kier alpha value is -2.81. The van der Waals surface area contributed by atoms with Crippen molar-refractivity contribution in [1.29, 1.82) is 0 Å². The van der Waals surface area contributed by atoms with Crippen LogP contribution in [-0.4, -0.2) is 29.2 Å². The molecular formula is C22H22F2NO6PS. The zero-order valence-electron chi connectivity index (χ0n) is 18.0. The molecule has 0 amide bonds. The van der Waals surface area contributed by atoms with E-state index in [9.17, 15) is 14.2 Å². The van der Waals surface area contributed by atoms with Crippen molar-refractivity contribution in [3.8, 4) is 5.75 Å². The van der Waals surface area contributed by atoms with Gasteiger partial charge in [-0.15, -0.1) is 11.3 Å². The van der Waals surface area contributed by atoms with E-state index >= 15 is 8.78 Å². The Kier molecular flexibility index (Phi) is 7.21. The third-order valence-corrected chi connectivity index (χ3v) is 7.79. The van der Waals surface area contributed by atoms with Crippen molar-refractivity contribution in [3.05, 3.63) is 65.0 Å². The molecule has 2 N–H and O–H groups in total. The third-order valence-electron chi connectivity index (χ3n) is 4.49. The van der Waals surface area contributed by atoms with Crippen LogP contribution in [0.3, 0.4) is 0 Å². The normalized spacial score (nSPS) is 14.6. The number of benzene rings is 2. The van der Waals surface area contributed by atoms with Crippen molar-refractivity contribution in [2.24, 2.45) is 0 Å². The number of thiophene rings is 1. The molecule has 1 aromatic heterocycles. The number of hydrogen-bond acceptors (Lipinski definition) is 6. The van der Waals surface area contributed by atoms with E-state index in [2.05, 4.69) is 5.09 Å². The lowest BCUT2D eigenvalue weighted by molar-refractivity contribution is -0.149. The number of carbonyl (C=O) groups is 2. The molecule has 0 saturated heterocycles. The maximum absolute atomic E-state index is 15.8. The van der Waals surface area contributed by atoms with Crippen LogP contribution in [0.25, 0.3) is 10.1 Å². The summed E-state index contributed by atoms with van der Waals surface area (Å²) in [6.07, 6.45) is -0.499. The maximum Gasteiger partial charge on any atom is 0.390 e. The summed E-state index contributed by atoms with van der Waals surface area (Å²) in [6.45, 7) is 4.45. The number of alkyl halides is 2. The Morgan fingerprint density at radius 1 is 1.09 bits per heavy atom. The predicted octanol–water partition coefficient (Wildman–Crippen LogP) is 5.85. The van der Waals surface area contributed by atoms with Crippen LogP contribution in [0.4, 0.5) is 8.78 Å². The molecule has 0 saturated carbocycles. The van der Waals surface area contributed by atoms with Gasteiger partial charge in [0.2, 0.25) is 0 Å². The molecule has 3 rings (SSSR count). The highest BCUT2D eigenvalue weighted by Crippen LogP contribution is 2.63. The molecule has 0 aliphatic heterocycles. The van der Waals surface area contributed by atoms with E-state index in [0.29, 0.717) is 4.70 Å². The summed E-state index contributed by atoms with van der Waals surface area (Å²) in [5.74, 6) is -2.12. The van der Waals surface area contributed by atoms with Gasteiger partial charge in [0.1, 0.15) is 16.7 Å². The zero-order chi connectivity index (χ0) is 24.4. The van der Waals surface area contributed by atoms with E-state index in [1.807, 2.05) is 0 Å². The molecule has 7 nitrogen and oxygen atoms in total. The number of halogens is 2. The van der Waals surface area contributed by atoms with Crippen LogP contribution >= 0.6 is 18.9 Å². The predicted molar refractivity (Wildman–Crippen MR) is 121 cm³/mol. The lowest BCUT2D eigenvalue weighted by atomic mass is 10.1. The number of carbonyl (C=O) groups excluding carboxylic acids is 1. The van der Waals surface area contributed by atoms with Gasteiger partial charge in [-0.25, -0.2) is 9.88 Å². The van der Waals surface area contributed by atoms with E-state index in [1.165, 1.54) is 43.3 Å². The maximum atomic E-state index is 15.8. The summed E-state index contributed by atoms with van der Waals surface area (Å²) in [6, 6.07) is 10.8. The van der Waals surface area contributed by atoms with Gasteiger partial charge in [-0.05, 0) is 56.5 Å². The molecule has 0 radical (unpaired) electrons. The van der Waals surface area contributed by atoms with Gasteiger partial charge < -0.3 is 14.4 Å². The first kappa shape index (κ1) is 24.8. The highest BCUT2D eigenvalue weighted by Gasteiger charge is 2.56. The van der Waals surface area contributed by atoms with Crippen molar-refractivity contribution >= 4 is 40.9 Å². The van der Waals surface area contributed by atoms with Crippen LogP contribution in [0.15, 0.2) is 54.6 Å². The lowest BCUT2D eigenvalue weighted by Crippen LogP contribution is -2.39. The molecule has 33 heavy (non-hydrogen) atoms. The number of nitrogens with one attached hydrogen (secondary N) is 1. The second-order valence-corrected chi connectivity index (χ2v) is 10.7. The van der Waals surface area contributed by atoms with E-state index in [0.717, 1.165) is 23.5 Å². The monoisotopic (exact) mass is 497 g/mol. The quantitative estimate of drug-likeness (QED) is 0.282. The van der Waals surface area contributed by atoms with E-state index in [4.69, 9.17) is 14.4 Å². The number of aromatic carboxylic acids is 1. The molecule has 1 heterocycles. The first-order valence-corrected chi connectivity index (χ1v) is 12.4. The highest BCUT2D eigenvalue weighted by molar-refractivity contribution is 7.58. The summed E-state index contributed by atoms with van der Waals surface area (Å²) in [5, 5.41) is 11.6. The molecule has 176 valence electrons. The van der Waals surface area contributed by atoms with Crippen LogP contribution in [0.1, 0.15) is 36.0 Å². The molecule has 0 aliphatic rings. The number of esters is 1. The zero-order valence-corrected chi connectivity index (χ0v) is 19.7. The topological polar surface area (TPSA) is 102 Å². The summed E-state index contributed by atoms with van der Waals surface area (Å²) in [7, 11) is -5.11. The Labute approximate surface area is 192 Å². The molecule has 0 aliphatic carbocycles. The smallest absolute Gasteiger partial charge is 0.390 e. The van der Waals surface area contributed by atoms with E-state index < -0.39 is 42.8 Å². The Morgan fingerprint density at radius 2 is 1.76 bits per heavy atom. The van der Waals surface area contributed by atoms with Gasteiger partial charge in [0, 0.05) is 10.3 Å². The number of hydrogen-bond donors (Lipinski definition) is 2. The first-order valence-electron chi connectivity index (χ1n) is 9.91. The Bertz CT molecular complexity index is 1210. The summed E-state index contributed by atoms with van der Waals surface area (Å²) >= 11 is 0.933. The fourth-order valence-corrected chi connectivity index (χ4v) is 5.67. The van der Waals surface area contributed by atoms with Gasteiger partial charge in [-0.1, -0.05) is 24.3 Å². The van der Waals surface area contributed by atoms with Gasteiger partial charge in [-0.3, -0.25) is 9.36 Å². The standard InChI is InChI=1S/C22H22F2NO6PS/c1-13(2)30-21(28)14(3)25-32(29,31-17-7-5-4-6-8-17)22(23,24)16-9-10-18-15(11-16)12-19(33-18)20(26)27/h4-14H,1-3H3,(H,25,29)(H,26,27)/t14-,32?/m0/s1. The van der Waals surface area contributed by atoms with E-state index in [1.54, 1.807) is 19.9 Å². The molecule has 2 aromatic carbocycles. The molecule has 0 fully saturated rings. The second kappa shape index (κ2) is 9.59. The first-order chi connectivity index (χ1) is 15.4. The number of ether oxygens (including phenoxy) is 1. The average Bonchev–Trinajstić information content (AvgIpc) is 3.17. The SMILES string of the molecule is CC(C)OC(=O)[C@H](C)NP(=O)(Oc1ccccc1)C(F)(F)c1ccc2sc(C(=O)O)cc2c1. The molecular weight excluding hydrogens is 475 g/mol. The lowest BCUT2D eigenvalue weighted by Gasteiger charge is -2.30. The second-order valence-electron chi connectivity index (χ2n) is 7.50. The van der Waals surface area contributed by atoms with Gasteiger partial charge in [0.25, 0.3) is 0 Å². The van der Waals surface area contributed by atoms with Crippen molar-refractivity contribution < 1.29 is 37.3 Å². The fourth-order valence-electron chi connectivity index (χ4n) is 2.94. The Morgan fingerprint density at radius 3 is 2.36 bits per heavy atom. The summed E-state index contributed by atoms with van der Waals surface area (Å²) in [4.78, 5) is 23.4. The van der Waals surface area contributed by atoms with Crippen molar-refractivity contribution in [2.45, 2.75) is 38.6 Å². The van der Waals surface area contributed by atoms with Crippen LogP contribution in [0, 0.1) is 0 Å². The van der Waals surface area contributed by atoms with Gasteiger partial charge in [-0.2, -0.15) is 8.78 Å². The molecule has 2 atom stereocenters. The van der Waals surface area contributed by atoms with Gasteiger partial charge >= 0.3 is 25.1 Å². The third kappa shape index (κ3) is 5.40. The number of rotatable bonds is 9. The molecule has 0 bridgehead atoms.